The van der Waals surface area contributed by atoms with Gasteiger partial charge in [0.1, 0.15) is 11.6 Å². The fraction of sp³-hybridized carbons (Fsp3) is 0.333. The van der Waals surface area contributed by atoms with Gasteiger partial charge in [0.2, 0.25) is 0 Å². The van der Waals surface area contributed by atoms with Gasteiger partial charge in [0.25, 0.3) is 11.8 Å². The average molecular weight is 422 g/mol. The van der Waals surface area contributed by atoms with Crippen LogP contribution >= 0.6 is 11.8 Å². The topological polar surface area (TPSA) is 32.7 Å². The van der Waals surface area contributed by atoms with E-state index in [1.54, 1.807) is 18.2 Å². The monoisotopic (exact) mass is 422 g/mol. The van der Waals surface area contributed by atoms with Crippen LogP contribution < -0.4 is 0 Å². The van der Waals surface area contributed by atoms with Crippen LogP contribution in [0.25, 0.3) is 0 Å². The lowest BCUT2D eigenvalue weighted by atomic mass is 10.1. The zero-order chi connectivity index (χ0) is 20.6. The summed E-state index contributed by atoms with van der Waals surface area (Å²) in [4.78, 5) is 17.8. The zero-order valence-corrected chi connectivity index (χ0v) is 16.2. The number of benzene rings is 2. The molecule has 2 aromatic rings. The van der Waals surface area contributed by atoms with E-state index >= 15 is 0 Å². The van der Waals surface area contributed by atoms with E-state index in [1.807, 2.05) is 4.90 Å². The highest BCUT2D eigenvalue weighted by Crippen LogP contribution is 2.32. The van der Waals surface area contributed by atoms with Gasteiger partial charge in [0, 0.05) is 60.5 Å². The fourth-order valence-electron chi connectivity index (χ4n) is 3.48. The van der Waals surface area contributed by atoms with Crippen molar-refractivity contribution in [3.63, 3.8) is 0 Å². The first-order valence-electron chi connectivity index (χ1n) is 9.23. The Kier molecular flexibility index (Phi) is 5.48. The van der Waals surface area contributed by atoms with Crippen LogP contribution in [0.2, 0.25) is 0 Å². The molecule has 0 radical (unpaired) electrons. The van der Waals surface area contributed by atoms with Gasteiger partial charge in [-0.1, -0.05) is 12.1 Å². The summed E-state index contributed by atoms with van der Waals surface area (Å²) in [5.74, 6) is -3.75. The average Bonchev–Trinajstić information content (AvgIpc) is 3.07. The van der Waals surface area contributed by atoms with Gasteiger partial charge in [0.15, 0.2) is 0 Å². The lowest BCUT2D eigenvalue weighted by Gasteiger charge is -2.31. The Morgan fingerprint density at radius 2 is 1.83 bits per heavy atom. The normalized spacial score (nSPS) is 18.3. The molecule has 2 aromatic carbocycles. The van der Waals surface area contributed by atoms with E-state index in [0.29, 0.717) is 28.3 Å². The van der Waals surface area contributed by atoms with Gasteiger partial charge in [-0.3, -0.25) is 9.69 Å². The van der Waals surface area contributed by atoms with Crippen molar-refractivity contribution in [1.29, 1.82) is 0 Å². The van der Waals surface area contributed by atoms with Crippen molar-refractivity contribution in [3.05, 3.63) is 64.2 Å². The van der Waals surface area contributed by atoms with Gasteiger partial charge in [0.05, 0.1) is 5.56 Å². The van der Waals surface area contributed by atoms with Crippen molar-refractivity contribution in [2.75, 3.05) is 13.1 Å². The minimum absolute atomic E-state index is 0.0244. The number of piperidine rings is 1. The molecular formula is C21H18F4N2OS. The number of hydrogen-bond acceptors (Lipinski definition) is 3. The second-order valence-corrected chi connectivity index (χ2v) is 8.26. The minimum Gasteiger partial charge on any atom is -0.299 e. The summed E-state index contributed by atoms with van der Waals surface area (Å²) in [7, 11) is 0. The fourth-order valence-corrected chi connectivity index (χ4v) is 4.46. The molecule has 8 heteroatoms. The summed E-state index contributed by atoms with van der Waals surface area (Å²) in [5.41, 5.74) is 1.65. The number of thioether (sulfide) groups is 1. The van der Waals surface area contributed by atoms with Crippen LogP contribution in [-0.2, 0) is 12.3 Å². The molecule has 152 valence electrons. The molecule has 1 amide bonds. The van der Waals surface area contributed by atoms with Gasteiger partial charge >= 0.3 is 0 Å². The highest BCUT2D eigenvalue weighted by molar-refractivity contribution is 7.98. The molecule has 0 aliphatic carbocycles. The summed E-state index contributed by atoms with van der Waals surface area (Å²) in [6, 6.07) is 7.73. The first-order chi connectivity index (χ1) is 13.8. The van der Waals surface area contributed by atoms with Crippen molar-refractivity contribution in [3.8, 4) is 0 Å². The van der Waals surface area contributed by atoms with Gasteiger partial charge < -0.3 is 0 Å². The molecular weight excluding hydrogens is 404 g/mol. The summed E-state index contributed by atoms with van der Waals surface area (Å²) in [6.07, 6.45) is 0.961. The Morgan fingerprint density at radius 1 is 1.07 bits per heavy atom. The third-order valence-electron chi connectivity index (χ3n) is 5.17. The number of carbonyl (C=O) groups excluding carboxylic acids is 1. The molecule has 2 aliphatic rings. The van der Waals surface area contributed by atoms with Gasteiger partial charge in [-0.05, 0) is 23.8 Å². The Labute approximate surface area is 169 Å². The zero-order valence-electron chi connectivity index (χ0n) is 15.4. The van der Waals surface area contributed by atoms with E-state index in [4.69, 9.17) is 0 Å². The Bertz CT molecular complexity index is 983. The molecule has 2 aliphatic heterocycles. The maximum absolute atomic E-state index is 14.5. The standard InChI is InChI=1S/C21H18F4N2OS/c22-16-3-4-18(15-10-26-20(28)19(15)16)29-12-13-1-2-14(17(23)9-13)11-27-7-5-21(24,25)6-8-27/h1-4,9-10H,5-8,11-12H2. The number of carbonyl (C=O) groups is 1. The molecule has 0 bridgehead atoms. The van der Waals surface area contributed by atoms with Gasteiger partial charge in [-0.2, -0.15) is 0 Å². The lowest BCUT2D eigenvalue weighted by Crippen LogP contribution is -2.38. The largest absolute Gasteiger partial charge is 0.299 e. The number of halogens is 4. The highest BCUT2D eigenvalue weighted by Gasteiger charge is 2.34. The van der Waals surface area contributed by atoms with E-state index in [9.17, 15) is 22.4 Å². The summed E-state index contributed by atoms with van der Waals surface area (Å²) in [6.45, 7) is 0.805. The van der Waals surface area contributed by atoms with E-state index in [0.717, 1.165) is 5.56 Å². The van der Waals surface area contributed by atoms with E-state index in [2.05, 4.69) is 4.99 Å². The van der Waals surface area contributed by atoms with Gasteiger partial charge in [-0.25, -0.2) is 22.6 Å². The number of nitrogens with zero attached hydrogens (tertiary/aromatic N) is 2. The Balaban J connectivity index is 1.41. The van der Waals surface area contributed by atoms with Crippen molar-refractivity contribution in [1.82, 2.24) is 4.90 Å². The molecule has 1 saturated heterocycles. The molecule has 29 heavy (non-hydrogen) atoms. The first kappa shape index (κ1) is 20.1. The summed E-state index contributed by atoms with van der Waals surface area (Å²) < 4.78 is 54.8. The van der Waals surface area contributed by atoms with Crippen LogP contribution in [0.4, 0.5) is 17.6 Å². The summed E-state index contributed by atoms with van der Waals surface area (Å²) in [5, 5.41) is 0. The molecule has 0 atom stereocenters. The smallest absolute Gasteiger partial charge is 0.280 e. The lowest BCUT2D eigenvalue weighted by molar-refractivity contribution is -0.0567. The second kappa shape index (κ2) is 7.91. The number of fused-ring (bicyclic) bond motifs is 1. The number of alkyl halides is 2. The molecule has 0 spiro atoms. The quantitative estimate of drug-likeness (QED) is 0.499. The number of rotatable bonds is 5. The van der Waals surface area contributed by atoms with Crippen molar-refractivity contribution >= 4 is 23.9 Å². The molecule has 1 fully saturated rings. The molecule has 0 aromatic heterocycles. The van der Waals surface area contributed by atoms with Crippen LogP contribution in [0.15, 0.2) is 40.2 Å². The first-order valence-corrected chi connectivity index (χ1v) is 10.2. The maximum Gasteiger partial charge on any atom is 0.280 e. The van der Waals surface area contributed by atoms with E-state index < -0.39 is 17.6 Å². The number of hydrogen-bond donors (Lipinski definition) is 0. The van der Waals surface area contributed by atoms with Crippen LogP contribution in [0.5, 0.6) is 0 Å². The van der Waals surface area contributed by atoms with Crippen LogP contribution in [0.3, 0.4) is 0 Å². The number of aliphatic imine (C=N–C) groups is 1. The third-order valence-corrected chi connectivity index (χ3v) is 6.32. The van der Waals surface area contributed by atoms with E-state index in [-0.39, 0.29) is 37.3 Å². The van der Waals surface area contributed by atoms with Crippen LogP contribution in [0, 0.1) is 11.6 Å². The molecule has 0 N–H and O–H groups in total. The number of amides is 1. The predicted molar refractivity (Wildman–Crippen MR) is 104 cm³/mol. The molecule has 0 unspecified atom stereocenters. The second-order valence-electron chi connectivity index (χ2n) is 7.24. The predicted octanol–water partition coefficient (Wildman–Crippen LogP) is 5.06. The van der Waals surface area contributed by atoms with Crippen molar-refractivity contribution in [2.24, 2.45) is 4.99 Å². The summed E-state index contributed by atoms with van der Waals surface area (Å²) >= 11 is 1.37. The Morgan fingerprint density at radius 3 is 2.55 bits per heavy atom. The van der Waals surface area contributed by atoms with Crippen molar-refractivity contribution in [2.45, 2.75) is 36.0 Å². The van der Waals surface area contributed by atoms with Crippen LogP contribution in [0.1, 0.15) is 39.9 Å². The molecule has 2 heterocycles. The molecule has 4 rings (SSSR count). The highest BCUT2D eigenvalue weighted by atomic mass is 32.2. The molecule has 0 saturated carbocycles. The number of likely N-dealkylation sites (tertiary alicyclic amines) is 1. The van der Waals surface area contributed by atoms with E-state index in [1.165, 1.54) is 30.1 Å². The molecule has 3 nitrogen and oxygen atoms in total. The minimum atomic E-state index is -2.62. The third kappa shape index (κ3) is 4.38. The SMILES string of the molecule is O=C1N=Cc2c(SCc3ccc(CN4CCC(F)(F)CC4)c(F)c3)ccc(F)c21. The van der Waals surface area contributed by atoms with Crippen LogP contribution in [-0.4, -0.2) is 36.0 Å². The Hall–Kier alpha value is -2.19. The van der Waals surface area contributed by atoms with Crippen molar-refractivity contribution < 1.29 is 22.4 Å². The maximum atomic E-state index is 14.5. The van der Waals surface area contributed by atoms with Gasteiger partial charge in [-0.15, -0.1) is 11.8 Å².